The van der Waals surface area contributed by atoms with E-state index in [9.17, 15) is 14.5 Å². The number of anilines is 2. The predicted octanol–water partition coefficient (Wildman–Crippen LogP) is 5.35. The molecule has 4 nitrogen and oxygen atoms in total. The molecule has 0 aliphatic heterocycles. The first kappa shape index (κ1) is 13.8. The highest BCUT2D eigenvalue weighted by Gasteiger charge is 2.21. The van der Waals surface area contributed by atoms with E-state index in [0.29, 0.717) is 21.8 Å². The lowest BCUT2D eigenvalue weighted by Crippen LogP contribution is -1.94. The van der Waals surface area contributed by atoms with E-state index in [2.05, 4.69) is 5.32 Å². The summed E-state index contributed by atoms with van der Waals surface area (Å²) in [4.78, 5) is 10.8. The number of benzene rings is 2. The Morgan fingerprint density at radius 2 is 1.90 bits per heavy atom. The van der Waals surface area contributed by atoms with Crippen molar-refractivity contribution in [2.75, 3.05) is 5.32 Å². The Balaban J connectivity index is 2.14. The summed E-state index contributed by atoms with van der Waals surface area (Å²) < 4.78 is 13.7. The van der Waals surface area contributed by atoms with Crippen LogP contribution in [0.3, 0.4) is 0 Å². The minimum Gasteiger partial charge on any atom is -0.349 e. The fourth-order valence-corrected chi connectivity index (χ4v) is 3.11. The molecule has 1 heterocycles. The molecular formula is C14H8ClFN2O2S. The molecule has 0 spiro atoms. The average Bonchev–Trinajstić information content (AvgIpc) is 2.80. The highest BCUT2D eigenvalue weighted by molar-refractivity contribution is 7.23. The Morgan fingerprint density at radius 3 is 2.57 bits per heavy atom. The lowest BCUT2D eigenvalue weighted by molar-refractivity contribution is -0.379. The molecule has 21 heavy (non-hydrogen) atoms. The molecule has 0 aliphatic rings. The van der Waals surface area contributed by atoms with E-state index < -0.39 is 4.92 Å². The van der Waals surface area contributed by atoms with E-state index in [4.69, 9.17) is 11.6 Å². The van der Waals surface area contributed by atoms with Crippen molar-refractivity contribution in [2.45, 2.75) is 0 Å². The predicted molar refractivity (Wildman–Crippen MR) is 83.2 cm³/mol. The summed E-state index contributed by atoms with van der Waals surface area (Å²) >= 11 is 7.03. The molecular weight excluding hydrogens is 315 g/mol. The van der Waals surface area contributed by atoms with E-state index in [1.54, 1.807) is 18.2 Å². The lowest BCUT2D eigenvalue weighted by Gasteiger charge is -2.05. The molecule has 0 radical (unpaired) electrons. The van der Waals surface area contributed by atoms with Gasteiger partial charge in [-0.2, -0.15) is 0 Å². The van der Waals surface area contributed by atoms with Crippen LogP contribution in [0, 0.1) is 15.9 Å². The van der Waals surface area contributed by atoms with Gasteiger partial charge in [-0.05, 0) is 42.5 Å². The molecule has 1 N–H and O–H groups in total. The van der Waals surface area contributed by atoms with Crippen molar-refractivity contribution >= 4 is 49.4 Å². The molecule has 0 saturated carbocycles. The first-order valence-electron chi connectivity index (χ1n) is 5.93. The SMILES string of the molecule is O=[N+]([O-])c1sc2ccc(Cl)cc2c1Nc1ccc(F)cc1. The summed E-state index contributed by atoms with van der Waals surface area (Å²) in [5.74, 6) is -0.367. The van der Waals surface area contributed by atoms with Crippen LogP contribution in [0.5, 0.6) is 0 Å². The van der Waals surface area contributed by atoms with Gasteiger partial charge in [-0.1, -0.05) is 22.9 Å². The molecule has 0 fully saturated rings. The van der Waals surface area contributed by atoms with E-state index in [1.165, 1.54) is 24.3 Å². The summed E-state index contributed by atoms with van der Waals surface area (Å²) in [6, 6.07) is 10.7. The van der Waals surface area contributed by atoms with E-state index in [1.807, 2.05) is 0 Å². The molecule has 7 heteroatoms. The van der Waals surface area contributed by atoms with Crippen LogP contribution in [0.4, 0.5) is 20.8 Å². The molecule has 1 aromatic heterocycles. The molecule has 3 aromatic rings. The lowest BCUT2D eigenvalue weighted by atomic mass is 10.2. The van der Waals surface area contributed by atoms with Gasteiger partial charge in [0.25, 0.3) is 0 Å². The van der Waals surface area contributed by atoms with E-state index >= 15 is 0 Å². The molecule has 0 atom stereocenters. The Bertz CT molecular complexity index is 833. The van der Waals surface area contributed by atoms with Crippen LogP contribution in [-0.4, -0.2) is 4.92 Å². The molecule has 0 saturated heterocycles. The topological polar surface area (TPSA) is 55.2 Å². The second-order valence-electron chi connectivity index (χ2n) is 4.31. The van der Waals surface area contributed by atoms with Crippen LogP contribution in [0.25, 0.3) is 10.1 Å². The van der Waals surface area contributed by atoms with Crippen molar-refractivity contribution in [3.8, 4) is 0 Å². The maximum atomic E-state index is 12.9. The summed E-state index contributed by atoms with van der Waals surface area (Å²) in [5.41, 5.74) is 0.938. The standard InChI is InChI=1S/C14H8ClFN2O2S/c15-8-1-6-12-11(7-8)13(14(21-12)18(19)20)17-10-4-2-9(16)3-5-10/h1-7,17H. The van der Waals surface area contributed by atoms with Crippen LogP contribution in [0.2, 0.25) is 5.02 Å². The molecule has 0 bridgehead atoms. The van der Waals surface area contributed by atoms with Crippen LogP contribution in [0.1, 0.15) is 0 Å². The van der Waals surface area contributed by atoms with Gasteiger partial charge in [0.1, 0.15) is 11.5 Å². The Morgan fingerprint density at radius 1 is 1.19 bits per heavy atom. The fourth-order valence-electron chi connectivity index (χ4n) is 1.98. The molecule has 106 valence electrons. The zero-order valence-corrected chi connectivity index (χ0v) is 12.0. The van der Waals surface area contributed by atoms with Crippen molar-refractivity contribution in [3.63, 3.8) is 0 Å². The minimum atomic E-state index is -0.440. The maximum absolute atomic E-state index is 12.9. The first-order valence-corrected chi connectivity index (χ1v) is 7.13. The Hall–Kier alpha value is -2.18. The van der Waals surface area contributed by atoms with Crippen LogP contribution >= 0.6 is 22.9 Å². The summed E-state index contributed by atoms with van der Waals surface area (Å²) in [7, 11) is 0. The van der Waals surface area contributed by atoms with Gasteiger partial charge in [0.2, 0.25) is 0 Å². The van der Waals surface area contributed by atoms with Gasteiger partial charge < -0.3 is 5.32 Å². The fraction of sp³-hybridized carbons (Fsp3) is 0. The third kappa shape index (κ3) is 2.68. The van der Waals surface area contributed by atoms with Crippen molar-refractivity contribution in [2.24, 2.45) is 0 Å². The van der Waals surface area contributed by atoms with Gasteiger partial charge in [0.05, 0.1) is 4.92 Å². The number of hydrogen-bond donors (Lipinski definition) is 1. The number of nitrogens with zero attached hydrogens (tertiary/aromatic N) is 1. The van der Waals surface area contributed by atoms with Gasteiger partial charge in [0, 0.05) is 20.8 Å². The molecule has 0 unspecified atom stereocenters. The summed E-state index contributed by atoms with van der Waals surface area (Å²) in [6.07, 6.45) is 0. The minimum absolute atomic E-state index is 0.00316. The number of halogens is 2. The first-order chi connectivity index (χ1) is 10.0. The van der Waals surface area contributed by atoms with Crippen molar-refractivity contribution in [1.29, 1.82) is 0 Å². The van der Waals surface area contributed by atoms with Gasteiger partial charge in [0.15, 0.2) is 0 Å². The Kier molecular flexibility index (Phi) is 3.48. The highest BCUT2D eigenvalue weighted by Crippen LogP contribution is 2.43. The largest absolute Gasteiger partial charge is 0.349 e. The van der Waals surface area contributed by atoms with Gasteiger partial charge >= 0.3 is 5.00 Å². The van der Waals surface area contributed by atoms with Gasteiger partial charge in [-0.25, -0.2) is 4.39 Å². The van der Waals surface area contributed by atoms with E-state index in [-0.39, 0.29) is 10.8 Å². The number of thiophene rings is 1. The zero-order valence-electron chi connectivity index (χ0n) is 10.5. The van der Waals surface area contributed by atoms with Gasteiger partial charge in [-0.3, -0.25) is 10.1 Å². The molecule has 0 amide bonds. The van der Waals surface area contributed by atoms with Crippen LogP contribution < -0.4 is 5.32 Å². The summed E-state index contributed by atoms with van der Waals surface area (Å²) in [5, 5.41) is 15.3. The Labute approximate surface area is 127 Å². The molecule has 3 rings (SSSR count). The number of nitrogens with one attached hydrogen (secondary N) is 1. The third-order valence-corrected chi connectivity index (χ3v) is 4.27. The van der Waals surface area contributed by atoms with Crippen LogP contribution in [0.15, 0.2) is 42.5 Å². The number of hydrogen-bond acceptors (Lipinski definition) is 4. The summed E-state index contributed by atoms with van der Waals surface area (Å²) in [6.45, 7) is 0. The van der Waals surface area contributed by atoms with Crippen molar-refractivity contribution < 1.29 is 9.31 Å². The van der Waals surface area contributed by atoms with Crippen molar-refractivity contribution in [1.82, 2.24) is 0 Å². The van der Waals surface area contributed by atoms with Gasteiger partial charge in [-0.15, -0.1) is 0 Å². The number of fused-ring (bicyclic) bond motifs is 1. The second-order valence-corrected chi connectivity index (χ2v) is 5.78. The van der Waals surface area contributed by atoms with Crippen LogP contribution in [-0.2, 0) is 0 Å². The number of nitro groups is 1. The number of rotatable bonds is 3. The monoisotopic (exact) mass is 322 g/mol. The normalized spacial score (nSPS) is 10.8. The third-order valence-electron chi connectivity index (χ3n) is 2.91. The highest BCUT2D eigenvalue weighted by atomic mass is 35.5. The second kappa shape index (κ2) is 5.31. The molecule has 0 aliphatic carbocycles. The van der Waals surface area contributed by atoms with Crippen molar-refractivity contribution in [3.05, 3.63) is 63.4 Å². The molecule has 2 aromatic carbocycles. The maximum Gasteiger partial charge on any atom is 0.348 e. The average molecular weight is 323 g/mol. The zero-order chi connectivity index (χ0) is 15.0. The quantitative estimate of drug-likeness (QED) is 0.522. The smallest absolute Gasteiger partial charge is 0.348 e. The van der Waals surface area contributed by atoms with E-state index in [0.717, 1.165) is 16.0 Å².